The van der Waals surface area contributed by atoms with E-state index in [1.165, 1.54) is 11.3 Å². The fourth-order valence-electron chi connectivity index (χ4n) is 3.47. The minimum Gasteiger partial charge on any atom is -0.461 e. The molecule has 0 spiro atoms. The molecule has 0 unspecified atom stereocenters. The van der Waals surface area contributed by atoms with Crippen molar-refractivity contribution in [2.24, 2.45) is 0 Å². The first-order valence-electron chi connectivity index (χ1n) is 9.20. The lowest BCUT2D eigenvalue weighted by Gasteiger charge is -2.22. The van der Waals surface area contributed by atoms with Crippen LogP contribution in [0, 0.1) is 20.8 Å². The van der Waals surface area contributed by atoms with Crippen LogP contribution in [0.3, 0.4) is 0 Å². The van der Waals surface area contributed by atoms with Crippen LogP contribution in [0.4, 0.5) is 5.69 Å². The molecule has 4 aromatic rings. The van der Waals surface area contributed by atoms with Crippen molar-refractivity contribution in [3.63, 3.8) is 0 Å². The molecule has 4 rings (SSSR count). The fraction of sp³-hybridized carbons (Fsp3) is 0.227. The van der Waals surface area contributed by atoms with Gasteiger partial charge in [-0.2, -0.15) is 0 Å². The number of benzene rings is 1. The number of para-hydroxylation sites is 1. The standard InChI is InChI=1S/C22H21N3O2S/c1-5-25(16-10-7-6-9-13(16)2)22(26)19-14(3)18-15(4)23-20(24-21(18)28-19)17-11-8-12-27-17/h6-12H,5H2,1-4H3. The van der Waals surface area contributed by atoms with E-state index in [0.717, 1.165) is 32.7 Å². The Hall–Kier alpha value is -2.99. The van der Waals surface area contributed by atoms with Gasteiger partial charge in [0.2, 0.25) is 0 Å². The largest absolute Gasteiger partial charge is 0.461 e. The Morgan fingerprint density at radius 1 is 1.11 bits per heavy atom. The summed E-state index contributed by atoms with van der Waals surface area (Å²) < 4.78 is 5.44. The van der Waals surface area contributed by atoms with Gasteiger partial charge in [-0.25, -0.2) is 9.97 Å². The van der Waals surface area contributed by atoms with Crippen LogP contribution in [0.5, 0.6) is 0 Å². The van der Waals surface area contributed by atoms with Crippen molar-refractivity contribution in [1.29, 1.82) is 0 Å². The van der Waals surface area contributed by atoms with Gasteiger partial charge in [0.1, 0.15) is 4.83 Å². The molecule has 0 saturated carbocycles. The maximum atomic E-state index is 13.4. The second-order valence-corrected chi connectivity index (χ2v) is 7.68. The lowest BCUT2D eigenvalue weighted by Crippen LogP contribution is -2.31. The molecule has 142 valence electrons. The van der Waals surface area contributed by atoms with Crippen molar-refractivity contribution in [3.05, 3.63) is 64.4 Å². The van der Waals surface area contributed by atoms with Crippen LogP contribution in [0.25, 0.3) is 21.8 Å². The first-order valence-corrected chi connectivity index (χ1v) is 10.0. The first kappa shape index (κ1) is 18.4. The third-order valence-corrected chi connectivity index (χ3v) is 6.05. The number of carbonyl (C=O) groups is 1. The van der Waals surface area contributed by atoms with Crippen molar-refractivity contribution in [1.82, 2.24) is 9.97 Å². The molecule has 0 aliphatic heterocycles. The van der Waals surface area contributed by atoms with Crippen LogP contribution < -0.4 is 4.90 Å². The molecule has 1 amide bonds. The lowest BCUT2D eigenvalue weighted by atomic mass is 10.1. The van der Waals surface area contributed by atoms with Crippen LogP contribution in [0.15, 0.2) is 47.1 Å². The lowest BCUT2D eigenvalue weighted by molar-refractivity contribution is 0.0991. The summed E-state index contributed by atoms with van der Waals surface area (Å²) in [5, 5.41) is 0.949. The summed E-state index contributed by atoms with van der Waals surface area (Å²) >= 11 is 1.42. The normalized spacial score (nSPS) is 11.1. The number of rotatable bonds is 4. The highest BCUT2D eigenvalue weighted by Gasteiger charge is 2.24. The number of nitrogens with zero attached hydrogens (tertiary/aromatic N) is 3. The van der Waals surface area contributed by atoms with Crippen LogP contribution in [0.2, 0.25) is 0 Å². The number of amides is 1. The number of hydrogen-bond donors (Lipinski definition) is 0. The molecule has 0 bridgehead atoms. The van der Waals surface area contributed by atoms with Gasteiger partial charge in [-0.1, -0.05) is 18.2 Å². The van der Waals surface area contributed by atoms with Crippen molar-refractivity contribution in [2.45, 2.75) is 27.7 Å². The zero-order valence-electron chi connectivity index (χ0n) is 16.3. The van der Waals surface area contributed by atoms with Gasteiger partial charge in [-0.3, -0.25) is 4.79 Å². The Kier molecular flexibility index (Phi) is 4.73. The van der Waals surface area contributed by atoms with E-state index in [4.69, 9.17) is 4.42 Å². The summed E-state index contributed by atoms with van der Waals surface area (Å²) in [6.07, 6.45) is 1.61. The fourth-order valence-corrected chi connectivity index (χ4v) is 4.65. The van der Waals surface area contributed by atoms with Gasteiger partial charge in [0, 0.05) is 17.6 Å². The first-order chi connectivity index (χ1) is 13.5. The van der Waals surface area contributed by atoms with E-state index in [9.17, 15) is 4.79 Å². The van der Waals surface area contributed by atoms with Gasteiger partial charge in [0.25, 0.3) is 5.91 Å². The number of carbonyl (C=O) groups excluding carboxylic acids is 1. The van der Waals surface area contributed by atoms with Gasteiger partial charge in [-0.15, -0.1) is 11.3 Å². The molecular weight excluding hydrogens is 370 g/mol. The number of anilines is 1. The van der Waals surface area contributed by atoms with Crippen molar-refractivity contribution >= 4 is 33.1 Å². The number of aromatic nitrogens is 2. The van der Waals surface area contributed by atoms with Gasteiger partial charge >= 0.3 is 0 Å². The highest BCUT2D eigenvalue weighted by atomic mass is 32.1. The van der Waals surface area contributed by atoms with Gasteiger partial charge in [0.15, 0.2) is 11.6 Å². The van der Waals surface area contributed by atoms with Crippen LogP contribution in [-0.2, 0) is 0 Å². The maximum Gasteiger partial charge on any atom is 0.268 e. The summed E-state index contributed by atoms with van der Waals surface area (Å²) in [5.74, 6) is 1.16. The Bertz CT molecular complexity index is 1160. The molecule has 0 atom stereocenters. The molecular formula is C22H21N3O2S. The maximum absolute atomic E-state index is 13.4. The Balaban J connectivity index is 1.82. The minimum atomic E-state index is -0.00347. The zero-order chi connectivity index (χ0) is 19.8. The van der Waals surface area contributed by atoms with Crippen LogP contribution >= 0.6 is 11.3 Å². The Morgan fingerprint density at radius 3 is 2.57 bits per heavy atom. The monoisotopic (exact) mass is 391 g/mol. The van der Waals surface area contributed by atoms with E-state index in [1.54, 1.807) is 6.26 Å². The predicted molar refractivity (Wildman–Crippen MR) is 113 cm³/mol. The van der Waals surface area contributed by atoms with E-state index in [1.807, 2.05) is 69.0 Å². The highest BCUT2D eigenvalue weighted by molar-refractivity contribution is 7.20. The molecule has 0 radical (unpaired) electrons. The number of furan rings is 1. The summed E-state index contributed by atoms with van der Waals surface area (Å²) in [5.41, 5.74) is 3.79. The highest BCUT2D eigenvalue weighted by Crippen LogP contribution is 2.34. The molecule has 0 saturated heterocycles. The Labute approximate surface area is 167 Å². The SMILES string of the molecule is CCN(C(=O)c1sc2nc(-c3ccco3)nc(C)c2c1C)c1ccccc1C. The van der Waals surface area contributed by atoms with E-state index in [2.05, 4.69) is 9.97 Å². The third-order valence-electron chi connectivity index (χ3n) is 4.87. The molecule has 0 aliphatic carbocycles. The number of thiophene rings is 1. The van der Waals surface area contributed by atoms with E-state index >= 15 is 0 Å². The molecule has 28 heavy (non-hydrogen) atoms. The van der Waals surface area contributed by atoms with Crippen molar-refractivity contribution in [2.75, 3.05) is 11.4 Å². The molecule has 0 aliphatic rings. The molecule has 3 aromatic heterocycles. The van der Waals surface area contributed by atoms with Crippen LogP contribution in [0.1, 0.15) is 33.4 Å². The van der Waals surface area contributed by atoms with Crippen LogP contribution in [-0.4, -0.2) is 22.4 Å². The van der Waals surface area contributed by atoms with Gasteiger partial charge in [0.05, 0.1) is 16.8 Å². The van der Waals surface area contributed by atoms with Gasteiger partial charge in [-0.05, 0) is 57.0 Å². The van der Waals surface area contributed by atoms with Gasteiger partial charge < -0.3 is 9.32 Å². The van der Waals surface area contributed by atoms with E-state index in [-0.39, 0.29) is 5.91 Å². The molecule has 1 aromatic carbocycles. The zero-order valence-corrected chi connectivity index (χ0v) is 17.1. The topological polar surface area (TPSA) is 59.2 Å². The molecule has 3 heterocycles. The number of aryl methyl sites for hydroxylation is 3. The molecule has 6 heteroatoms. The second-order valence-electron chi connectivity index (χ2n) is 6.68. The predicted octanol–water partition coefficient (Wildman–Crippen LogP) is 5.54. The summed E-state index contributed by atoms with van der Waals surface area (Å²) in [7, 11) is 0. The average molecular weight is 391 g/mol. The smallest absolute Gasteiger partial charge is 0.268 e. The average Bonchev–Trinajstić information content (AvgIpc) is 3.32. The molecule has 5 nitrogen and oxygen atoms in total. The molecule has 0 N–H and O–H groups in total. The summed E-state index contributed by atoms with van der Waals surface area (Å²) in [6.45, 7) is 8.53. The van der Waals surface area contributed by atoms with E-state index in [0.29, 0.717) is 23.0 Å². The quantitative estimate of drug-likeness (QED) is 0.458. The Morgan fingerprint density at radius 2 is 1.89 bits per heavy atom. The minimum absolute atomic E-state index is 0.00347. The second kappa shape index (κ2) is 7.20. The van der Waals surface area contributed by atoms with Crippen molar-refractivity contribution in [3.8, 4) is 11.6 Å². The van der Waals surface area contributed by atoms with Crippen molar-refractivity contribution < 1.29 is 9.21 Å². The number of fused-ring (bicyclic) bond motifs is 1. The van der Waals surface area contributed by atoms with E-state index < -0.39 is 0 Å². The third kappa shape index (κ3) is 2.99. The summed E-state index contributed by atoms with van der Waals surface area (Å²) in [6, 6.07) is 11.6. The number of hydrogen-bond acceptors (Lipinski definition) is 5. The summed E-state index contributed by atoms with van der Waals surface area (Å²) in [4.78, 5) is 26.0. The molecule has 0 fully saturated rings.